The van der Waals surface area contributed by atoms with Crippen molar-refractivity contribution in [3.63, 3.8) is 0 Å². The predicted molar refractivity (Wildman–Crippen MR) is 60.8 cm³/mol. The van der Waals surface area contributed by atoms with Crippen LogP contribution in [0.2, 0.25) is 0 Å². The highest BCUT2D eigenvalue weighted by Gasteiger charge is 2.22. The van der Waals surface area contributed by atoms with E-state index in [1.165, 1.54) is 12.1 Å². The normalized spacial score (nSPS) is 21.0. The maximum absolute atomic E-state index is 13.2. The minimum absolute atomic E-state index is 0.0742. The van der Waals surface area contributed by atoms with E-state index in [1.54, 1.807) is 11.8 Å². The third-order valence-corrected chi connectivity index (χ3v) is 3.91. The van der Waals surface area contributed by atoms with Crippen LogP contribution in [0, 0.1) is 12.7 Å². The zero-order valence-corrected chi connectivity index (χ0v) is 9.66. The third-order valence-electron chi connectivity index (χ3n) is 2.72. The van der Waals surface area contributed by atoms with E-state index in [2.05, 4.69) is 0 Å². The molecule has 0 aliphatic carbocycles. The quantitative estimate of drug-likeness (QED) is 0.672. The zero-order chi connectivity index (χ0) is 11.0. The van der Waals surface area contributed by atoms with Gasteiger partial charge in [0.2, 0.25) is 0 Å². The standard InChI is InChI=1S/C12H13FOS/c1-7-3-9(13)5-10-11(7)6-15-8(2)4-12(10)14/h3,5,8H,4,6H2,1-2H3. The lowest BCUT2D eigenvalue weighted by molar-refractivity contribution is 0.0983. The number of halogens is 1. The van der Waals surface area contributed by atoms with Crippen molar-refractivity contribution in [2.75, 3.05) is 0 Å². The number of carbonyl (C=O) groups excluding carboxylic acids is 1. The van der Waals surface area contributed by atoms with Crippen LogP contribution >= 0.6 is 11.8 Å². The molecule has 1 atom stereocenters. The SMILES string of the molecule is Cc1cc(F)cc2c1CSC(C)CC2=O. The average molecular weight is 224 g/mol. The van der Waals surface area contributed by atoms with Gasteiger partial charge in [0.25, 0.3) is 0 Å². The van der Waals surface area contributed by atoms with E-state index < -0.39 is 0 Å². The van der Waals surface area contributed by atoms with Gasteiger partial charge in [0.1, 0.15) is 5.82 Å². The lowest BCUT2D eigenvalue weighted by Gasteiger charge is -2.07. The van der Waals surface area contributed by atoms with Crippen molar-refractivity contribution in [2.24, 2.45) is 0 Å². The van der Waals surface area contributed by atoms with Gasteiger partial charge >= 0.3 is 0 Å². The second kappa shape index (κ2) is 3.97. The first-order chi connectivity index (χ1) is 7.08. The molecule has 0 radical (unpaired) electrons. The molecule has 2 rings (SSSR count). The number of benzene rings is 1. The minimum Gasteiger partial charge on any atom is -0.294 e. The van der Waals surface area contributed by atoms with E-state index in [0.717, 1.165) is 16.9 Å². The number of ketones is 1. The molecule has 3 heteroatoms. The first-order valence-electron chi connectivity index (χ1n) is 5.01. The van der Waals surface area contributed by atoms with E-state index in [-0.39, 0.29) is 11.6 Å². The summed E-state index contributed by atoms with van der Waals surface area (Å²) in [5.74, 6) is 0.582. The average Bonchev–Trinajstić information content (AvgIpc) is 2.27. The van der Waals surface area contributed by atoms with Crippen LogP contribution in [0.5, 0.6) is 0 Å². The summed E-state index contributed by atoms with van der Waals surface area (Å²) in [6.45, 7) is 3.91. The molecule has 0 aromatic heterocycles. The van der Waals surface area contributed by atoms with E-state index in [1.807, 2.05) is 13.8 Å². The van der Waals surface area contributed by atoms with Crippen molar-refractivity contribution >= 4 is 17.5 Å². The topological polar surface area (TPSA) is 17.1 Å². The number of Topliss-reactive ketones (excluding diaryl/α,β-unsaturated/α-hetero) is 1. The van der Waals surface area contributed by atoms with Gasteiger partial charge in [-0.15, -0.1) is 0 Å². The number of aryl methyl sites for hydroxylation is 1. The highest BCUT2D eigenvalue weighted by molar-refractivity contribution is 7.99. The molecule has 1 heterocycles. The Morgan fingerprint density at radius 3 is 2.93 bits per heavy atom. The monoisotopic (exact) mass is 224 g/mol. The Hall–Kier alpha value is -0.830. The third kappa shape index (κ3) is 2.07. The van der Waals surface area contributed by atoms with Crippen molar-refractivity contribution in [3.8, 4) is 0 Å². The summed E-state index contributed by atoms with van der Waals surface area (Å²) in [4.78, 5) is 11.8. The van der Waals surface area contributed by atoms with Crippen molar-refractivity contribution < 1.29 is 9.18 Å². The molecule has 80 valence electrons. The fourth-order valence-electron chi connectivity index (χ4n) is 1.87. The lowest BCUT2D eigenvalue weighted by atomic mass is 9.98. The smallest absolute Gasteiger partial charge is 0.164 e. The number of fused-ring (bicyclic) bond motifs is 1. The predicted octanol–water partition coefficient (Wildman–Crippen LogP) is 3.34. The molecule has 1 aliphatic heterocycles. The van der Waals surface area contributed by atoms with Crippen molar-refractivity contribution in [3.05, 3.63) is 34.6 Å². The molecule has 0 N–H and O–H groups in total. The van der Waals surface area contributed by atoms with Crippen LogP contribution in [0.25, 0.3) is 0 Å². The molecule has 0 saturated carbocycles. The molecular formula is C12H13FOS. The Morgan fingerprint density at radius 1 is 1.47 bits per heavy atom. The van der Waals surface area contributed by atoms with Crippen LogP contribution < -0.4 is 0 Å². The molecule has 15 heavy (non-hydrogen) atoms. The summed E-state index contributed by atoms with van der Waals surface area (Å²) in [6.07, 6.45) is 0.514. The van der Waals surface area contributed by atoms with Crippen molar-refractivity contribution in [1.29, 1.82) is 0 Å². The summed E-state index contributed by atoms with van der Waals surface area (Å²) in [7, 11) is 0. The van der Waals surface area contributed by atoms with E-state index in [0.29, 0.717) is 17.2 Å². The first-order valence-corrected chi connectivity index (χ1v) is 6.06. The molecule has 1 nitrogen and oxygen atoms in total. The maximum atomic E-state index is 13.2. The van der Waals surface area contributed by atoms with Gasteiger partial charge in [-0.05, 0) is 30.2 Å². The number of hydrogen-bond acceptors (Lipinski definition) is 2. The van der Waals surface area contributed by atoms with Gasteiger partial charge < -0.3 is 0 Å². The molecule has 1 aliphatic rings. The van der Waals surface area contributed by atoms with Crippen LogP contribution in [0.4, 0.5) is 4.39 Å². The van der Waals surface area contributed by atoms with Crippen molar-refractivity contribution in [1.82, 2.24) is 0 Å². The van der Waals surface area contributed by atoms with E-state index >= 15 is 0 Å². The fraction of sp³-hybridized carbons (Fsp3) is 0.417. The second-order valence-corrected chi connectivity index (χ2v) is 5.42. The van der Waals surface area contributed by atoms with Crippen LogP contribution in [0.1, 0.15) is 34.8 Å². The largest absolute Gasteiger partial charge is 0.294 e. The Kier molecular flexibility index (Phi) is 2.83. The second-order valence-electron chi connectivity index (χ2n) is 4.00. The molecule has 1 unspecified atom stereocenters. The van der Waals surface area contributed by atoms with Crippen LogP contribution in [0.15, 0.2) is 12.1 Å². The van der Waals surface area contributed by atoms with Crippen LogP contribution in [-0.2, 0) is 5.75 Å². The number of thioether (sulfide) groups is 1. The summed E-state index contributed by atoms with van der Waals surface area (Å²) >= 11 is 1.76. The highest BCUT2D eigenvalue weighted by atomic mass is 32.2. The van der Waals surface area contributed by atoms with Crippen LogP contribution in [0.3, 0.4) is 0 Å². The molecule has 0 bridgehead atoms. The molecule has 0 spiro atoms. The molecule has 0 fully saturated rings. The Morgan fingerprint density at radius 2 is 2.20 bits per heavy atom. The van der Waals surface area contributed by atoms with Gasteiger partial charge in [-0.1, -0.05) is 6.92 Å². The molecule has 0 amide bonds. The fourth-order valence-corrected chi connectivity index (χ4v) is 2.97. The summed E-state index contributed by atoms with van der Waals surface area (Å²) in [5.41, 5.74) is 2.49. The molecular weight excluding hydrogens is 211 g/mol. The number of hydrogen-bond donors (Lipinski definition) is 0. The van der Waals surface area contributed by atoms with Gasteiger partial charge in [0.05, 0.1) is 0 Å². The number of rotatable bonds is 0. The summed E-state index contributed by atoms with van der Waals surface area (Å²) < 4.78 is 13.2. The Bertz CT molecular complexity index is 414. The Labute approximate surface area is 93.1 Å². The molecule has 1 aromatic carbocycles. The van der Waals surface area contributed by atoms with Gasteiger partial charge in [0.15, 0.2) is 5.78 Å². The summed E-state index contributed by atoms with van der Waals surface area (Å²) in [5, 5.41) is 0.326. The number of carbonyl (C=O) groups is 1. The lowest BCUT2D eigenvalue weighted by Crippen LogP contribution is -2.06. The zero-order valence-electron chi connectivity index (χ0n) is 8.84. The van der Waals surface area contributed by atoms with E-state index in [4.69, 9.17) is 0 Å². The Balaban J connectivity index is 2.53. The van der Waals surface area contributed by atoms with Crippen LogP contribution in [-0.4, -0.2) is 11.0 Å². The van der Waals surface area contributed by atoms with Gasteiger partial charge in [-0.25, -0.2) is 4.39 Å². The molecule has 0 saturated heterocycles. The van der Waals surface area contributed by atoms with E-state index in [9.17, 15) is 9.18 Å². The summed E-state index contributed by atoms with van der Waals surface area (Å²) in [6, 6.07) is 2.88. The minimum atomic E-state index is -0.306. The van der Waals surface area contributed by atoms with Crippen molar-refractivity contribution in [2.45, 2.75) is 31.3 Å². The first kappa shape index (κ1) is 10.7. The highest BCUT2D eigenvalue weighted by Crippen LogP contribution is 2.31. The maximum Gasteiger partial charge on any atom is 0.164 e. The molecule has 1 aromatic rings. The van der Waals surface area contributed by atoms with Gasteiger partial charge in [-0.3, -0.25) is 4.79 Å². The van der Waals surface area contributed by atoms with Gasteiger partial charge in [0, 0.05) is 23.0 Å². The van der Waals surface area contributed by atoms with Gasteiger partial charge in [-0.2, -0.15) is 11.8 Å².